The van der Waals surface area contributed by atoms with E-state index in [4.69, 9.17) is 0 Å². The second-order valence-electron chi connectivity index (χ2n) is 8.66. The van der Waals surface area contributed by atoms with Gasteiger partial charge in [-0.05, 0) is 24.5 Å². The topological polar surface area (TPSA) is 124 Å². The van der Waals surface area contributed by atoms with Crippen LogP contribution < -0.4 is 16.0 Å². The Kier molecular flexibility index (Phi) is 7.50. The summed E-state index contributed by atoms with van der Waals surface area (Å²) in [5.74, 6) is -5.98. The number of aryl methyl sites for hydroxylation is 1. The lowest BCUT2D eigenvalue weighted by molar-refractivity contribution is -0.182. The van der Waals surface area contributed by atoms with E-state index in [1.807, 2.05) is 5.01 Å². The fourth-order valence-electron chi connectivity index (χ4n) is 4.34. The van der Waals surface area contributed by atoms with E-state index in [0.29, 0.717) is 31.6 Å². The monoisotopic (exact) mass is 538 g/mol. The summed E-state index contributed by atoms with van der Waals surface area (Å²) in [5.41, 5.74) is 1.34. The van der Waals surface area contributed by atoms with Crippen LogP contribution in [0.15, 0.2) is 24.3 Å². The van der Waals surface area contributed by atoms with Gasteiger partial charge in [0.15, 0.2) is 10.9 Å². The van der Waals surface area contributed by atoms with Crippen LogP contribution in [-0.2, 0) is 16.1 Å². The number of aromatic nitrogens is 1. The molecule has 198 valence electrons. The first-order valence-corrected chi connectivity index (χ1v) is 12.3. The number of hydrogen-bond acceptors (Lipinski definition) is 7. The second-order valence-corrected chi connectivity index (χ2v) is 9.66. The quantitative estimate of drug-likeness (QED) is 0.513. The number of hydrogen-bond donors (Lipinski definition) is 3. The third kappa shape index (κ3) is 5.44. The first-order chi connectivity index (χ1) is 17.5. The number of hydrazine groups is 1. The van der Waals surface area contributed by atoms with E-state index in [-0.39, 0.29) is 15.6 Å². The minimum absolute atomic E-state index is 0.0169. The maximum absolute atomic E-state index is 13.9. The molecule has 3 N–H and O–H groups in total. The number of alkyl halides is 3. The first-order valence-electron chi connectivity index (χ1n) is 11.5. The van der Waals surface area contributed by atoms with Crippen LogP contribution >= 0.6 is 11.3 Å². The fraction of sp³-hybridized carbons (Fsp3) is 0.435. The normalized spacial score (nSPS) is 18.5. The number of benzene rings is 1. The lowest BCUT2D eigenvalue weighted by atomic mass is 9.98. The smallest absolute Gasteiger partial charge is 0.353 e. The zero-order valence-corrected chi connectivity index (χ0v) is 20.8. The molecule has 0 saturated carbocycles. The van der Waals surface area contributed by atoms with Gasteiger partial charge >= 0.3 is 6.18 Å². The zero-order valence-electron chi connectivity index (χ0n) is 20.0. The summed E-state index contributed by atoms with van der Waals surface area (Å²) in [5, 5.41) is 10.0. The Hall–Kier alpha value is -3.52. The van der Waals surface area contributed by atoms with Gasteiger partial charge in [0.25, 0.3) is 17.7 Å². The third-order valence-electron chi connectivity index (χ3n) is 6.24. The maximum Gasteiger partial charge on any atom is 0.402 e. The number of thiazole rings is 1. The van der Waals surface area contributed by atoms with Crippen LogP contribution in [0.1, 0.15) is 48.8 Å². The van der Waals surface area contributed by atoms with E-state index in [9.17, 15) is 32.3 Å². The molecule has 14 heteroatoms. The highest BCUT2D eigenvalue weighted by Gasteiger charge is 2.47. The molecule has 3 heterocycles. The van der Waals surface area contributed by atoms with Crippen molar-refractivity contribution >= 4 is 35.0 Å². The molecule has 2 aromatic rings. The average Bonchev–Trinajstić information content (AvgIpc) is 3.45. The molecule has 1 aromatic carbocycles. The van der Waals surface area contributed by atoms with Crippen molar-refractivity contribution in [2.45, 2.75) is 32.1 Å². The SMILES string of the molecule is CNC(=O)c1nc(C)c(C(=O)NC[C@H](C(=O)N[C@@H]2C(=O)N3CCCN3Cc3ccccc32)C(F)(F)F)s1. The van der Waals surface area contributed by atoms with E-state index in [0.717, 1.165) is 16.9 Å². The van der Waals surface area contributed by atoms with Crippen molar-refractivity contribution in [2.75, 3.05) is 26.7 Å². The molecule has 4 rings (SSSR count). The largest absolute Gasteiger partial charge is 0.402 e. The van der Waals surface area contributed by atoms with Crippen molar-refractivity contribution in [3.63, 3.8) is 0 Å². The fourth-order valence-corrected chi connectivity index (χ4v) is 5.27. The Morgan fingerprint density at radius 2 is 1.92 bits per heavy atom. The lowest BCUT2D eigenvalue weighted by Gasteiger charge is -2.28. The third-order valence-corrected chi connectivity index (χ3v) is 7.39. The van der Waals surface area contributed by atoms with Gasteiger partial charge in [0, 0.05) is 33.2 Å². The first kappa shape index (κ1) is 26.5. The van der Waals surface area contributed by atoms with Gasteiger partial charge in [-0.3, -0.25) is 24.2 Å². The van der Waals surface area contributed by atoms with Gasteiger partial charge in [-0.2, -0.15) is 13.2 Å². The molecular weight excluding hydrogens is 513 g/mol. The number of amides is 4. The molecule has 1 saturated heterocycles. The summed E-state index contributed by atoms with van der Waals surface area (Å²) in [6, 6.07) is 5.51. The molecule has 2 aliphatic rings. The van der Waals surface area contributed by atoms with E-state index in [1.165, 1.54) is 19.0 Å². The Balaban J connectivity index is 1.53. The van der Waals surface area contributed by atoms with Crippen LogP contribution in [-0.4, -0.2) is 71.5 Å². The predicted octanol–water partition coefficient (Wildman–Crippen LogP) is 1.54. The van der Waals surface area contributed by atoms with Crippen molar-refractivity contribution in [2.24, 2.45) is 5.92 Å². The Morgan fingerprint density at radius 1 is 1.19 bits per heavy atom. The van der Waals surface area contributed by atoms with Crippen LogP contribution in [0.2, 0.25) is 0 Å². The maximum atomic E-state index is 13.9. The van der Waals surface area contributed by atoms with Crippen molar-refractivity contribution in [3.05, 3.63) is 51.0 Å². The molecule has 2 atom stereocenters. The number of nitrogens with zero attached hydrogens (tertiary/aromatic N) is 3. The van der Waals surface area contributed by atoms with E-state index in [1.54, 1.807) is 24.3 Å². The molecule has 1 aromatic heterocycles. The van der Waals surface area contributed by atoms with Gasteiger partial charge in [-0.15, -0.1) is 11.3 Å². The van der Waals surface area contributed by atoms with Gasteiger partial charge < -0.3 is 16.0 Å². The van der Waals surface area contributed by atoms with Crippen LogP contribution in [0.4, 0.5) is 13.2 Å². The van der Waals surface area contributed by atoms with Crippen molar-refractivity contribution < 1.29 is 32.3 Å². The standard InChI is InChI=1S/C23H25F3N6O4S/c1-12-17(37-21(29-12)20(35)27-2)19(34)28-10-15(23(24,25)26)18(33)30-16-14-7-4-3-6-13(14)11-31-8-5-9-32(31)22(16)36/h3-4,6-7,15-16H,5,8-11H2,1-2H3,(H,27,35)(H,28,34)(H,30,33)/t15-,16+/m1/s1. The number of halogens is 3. The molecule has 0 aliphatic carbocycles. The van der Waals surface area contributed by atoms with Gasteiger partial charge in [-0.25, -0.2) is 9.99 Å². The summed E-state index contributed by atoms with van der Waals surface area (Å²) >= 11 is 0.728. The molecule has 10 nitrogen and oxygen atoms in total. The molecule has 37 heavy (non-hydrogen) atoms. The van der Waals surface area contributed by atoms with Gasteiger partial charge in [0.2, 0.25) is 5.91 Å². The number of carbonyl (C=O) groups is 4. The van der Waals surface area contributed by atoms with E-state index >= 15 is 0 Å². The molecule has 0 bridgehead atoms. The highest BCUT2D eigenvalue weighted by Crippen LogP contribution is 2.32. The van der Waals surface area contributed by atoms with Gasteiger partial charge in [0.05, 0.1) is 5.69 Å². The molecule has 1 fully saturated rings. The molecule has 0 spiro atoms. The number of rotatable bonds is 6. The predicted molar refractivity (Wildman–Crippen MR) is 126 cm³/mol. The van der Waals surface area contributed by atoms with Crippen LogP contribution in [0.25, 0.3) is 0 Å². The Labute approximate surface area is 214 Å². The number of fused-ring (bicyclic) bond motifs is 2. The van der Waals surface area contributed by atoms with Gasteiger partial charge in [0.1, 0.15) is 10.9 Å². The van der Waals surface area contributed by atoms with E-state index in [2.05, 4.69) is 20.9 Å². The summed E-state index contributed by atoms with van der Waals surface area (Å²) < 4.78 is 41.8. The zero-order chi connectivity index (χ0) is 26.9. The molecular formula is C23H25F3N6O4S. The highest BCUT2D eigenvalue weighted by molar-refractivity contribution is 7.15. The van der Waals surface area contributed by atoms with E-state index < -0.39 is 48.3 Å². The molecule has 4 amide bonds. The summed E-state index contributed by atoms with van der Waals surface area (Å²) in [6.45, 7) is 1.82. The van der Waals surface area contributed by atoms with Crippen molar-refractivity contribution in [1.29, 1.82) is 0 Å². The van der Waals surface area contributed by atoms with Crippen LogP contribution in [0.5, 0.6) is 0 Å². The van der Waals surface area contributed by atoms with Crippen LogP contribution in [0.3, 0.4) is 0 Å². The second kappa shape index (κ2) is 10.5. The minimum Gasteiger partial charge on any atom is -0.353 e. The lowest BCUT2D eigenvalue weighted by Crippen LogP contribution is -2.50. The van der Waals surface area contributed by atoms with Crippen molar-refractivity contribution in [3.8, 4) is 0 Å². The number of nitrogens with one attached hydrogen (secondary N) is 3. The number of carbonyl (C=O) groups excluding carboxylic acids is 4. The molecule has 2 aliphatic heterocycles. The summed E-state index contributed by atoms with van der Waals surface area (Å²) in [6.07, 6.45) is -4.29. The van der Waals surface area contributed by atoms with Crippen molar-refractivity contribution in [1.82, 2.24) is 31.0 Å². The minimum atomic E-state index is -5.00. The molecule has 0 radical (unpaired) electrons. The Bertz CT molecular complexity index is 1230. The summed E-state index contributed by atoms with van der Waals surface area (Å²) in [7, 11) is 1.38. The van der Waals surface area contributed by atoms with Gasteiger partial charge in [-0.1, -0.05) is 24.3 Å². The summed E-state index contributed by atoms with van der Waals surface area (Å²) in [4.78, 5) is 54.4. The van der Waals surface area contributed by atoms with Crippen LogP contribution in [0, 0.1) is 12.8 Å². The highest BCUT2D eigenvalue weighted by atomic mass is 32.1. The molecule has 0 unspecified atom stereocenters. The average molecular weight is 539 g/mol. The Morgan fingerprint density at radius 3 is 2.62 bits per heavy atom.